The van der Waals surface area contributed by atoms with Crippen LogP contribution in [0.3, 0.4) is 0 Å². The SMILES string of the molecule is CC(=O)Nc1cc(F)c(Br)cc1C(=O)O. The number of anilines is 1. The normalized spacial score (nSPS) is 9.80. The van der Waals surface area contributed by atoms with Crippen LogP contribution < -0.4 is 5.32 Å². The molecule has 0 bridgehead atoms. The van der Waals surface area contributed by atoms with E-state index < -0.39 is 17.7 Å². The fourth-order valence-corrected chi connectivity index (χ4v) is 1.36. The molecular weight excluding hydrogens is 269 g/mol. The van der Waals surface area contributed by atoms with Crippen molar-refractivity contribution >= 4 is 33.5 Å². The molecule has 4 nitrogen and oxygen atoms in total. The summed E-state index contributed by atoms with van der Waals surface area (Å²) in [6, 6.07) is 2.05. The van der Waals surface area contributed by atoms with Crippen LogP contribution in [0.1, 0.15) is 17.3 Å². The molecule has 0 fully saturated rings. The van der Waals surface area contributed by atoms with E-state index in [9.17, 15) is 14.0 Å². The van der Waals surface area contributed by atoms with E-state index in [1.165, 1.54) is 6.92 Å². The molecule has 0 heterocycles. The minimum atomic E-state index is -1.24. The predicted molar refractivity (Wildman–Crippen MR) is 55.4 cm³/mol. The Morgan fingerprint density at radius 1 is 1.47 bits per heavy atom. The van der Waals surface area contributed by atoms with Gasteiger partial charge in [-0.05, 0) is 28.1 Å². The fraction of sp³-hybridized carbons (Fsp3) is 0.111. The molecule has 0 atom stereocenters. The number of aromatic carboxylic acids is 1. The number of carboxylic acids is 1. The molecule has 0 spiro atoms. The molecule has 0 aliphatic carbocycles. The molecule has 0 unspecified atom stereocenters. The number of nitrogens with one attached hydrogen (secondary N) is 1. The zero-order valence-electron chi connectivity index (χ0n) is 7.67. The predicted octanol–water partition coefficient (Wildman–Crippen LogP) is 2.24. The fourth-order valence-electron chi connectivity index (χ4n) is 1.02. The summed E-state index contributed by atoms with van der Waals surface area (Å²) in [6.07, 6.45) is 0. The zero-order valence-corrected chi connectivity index (χ0v) is 9.26. The van der Waals surface area contributed by atoms with Gasteiger partial charge in [0.15, 0.2) is 0 Å². The summed E-state index contributed by atoms with van der Waals surface area (Å²) in [6.45, 7) is 1.21. The molecule has 80 valence electrons. The van der Waals surface area contributed by atoms with Crippen molar-refractivity contribution in [1.82, 2.24) is 0 Å². The van der Waals surface area contributed by atoms with E-state index in [2.05, 4.69) is 21.2 Å². The van der Waals surface area contributed by atoms with Gasteiger partial charge >= 0.3 is 5.97 Å². The third kappa shape index (κ3) is 2.76. The second kappa shape index (κ2) is 4.39. The Balaban J connectivity index is 3.28. The van der Waals surface area contributed by atoms with E-state index in [0.717, 1.165) is 12.1 Å². The van der Waals surface area contributed by atoms with E-state index in [1.54, 1.807) is 0 Å². The summed E-state index contributed by atoms with van der Waals surface area (Å²) in [5.41, 5.74) is -0.228. The average Bonchev–Trinajstić information content (AvgIpc) is 2.09. The summed E-state index contributed by atoms with van der Waals surface area (Å²) < 4.78 is 13.1. The third-order valence-electron chi connectivity index (χ3n) is 1.60. The second-order valence-electron chi connectivity index (χ2n) is 2.80. The number of hydrogen-bond donors (Lipinski definition) is 2. The van der Waals surface area contributed by atoms with Gasteiger partial charge < -0.3 is 10.4 Å². The van der Waals surface area contributed by atoms with Gasteiger partial charge in [0, 0.05) is 6.92 Å². The van der Waals surface area contributed by atoms with Gasteiger partial charge in [-0.1, -0.05) is 0 Å². The topological polar surface area (TPSA) is 66.4 Å². The minimum Gasteiger partial charge on any atom is -0.478 e. The van der Waals surface area contributed by atoms with Crippen molar-refractivity contribution in [3.05, 3.63) is 28.0 Å². The first-order valence-electron chi connectivity index (χ1n) is 3.91. The molecule has 0 saturated heterocycles. The number of benzene rings is 1. The van der Waals surface area contributed by atoms with E-state index in [1.807, 2.05) is 0 Å². The van der Waals surface area contributed by atoms with Crippen LogP contribution in [0.2, 0.25) is 0 Å². The van der Waals surface area contributed by atoms with Gasteiger partial charge in [-0.25, -0.2) is 9.18 Å². The van der Waals surface area contributed by atoms with Gasteiger partial charge in [0.1, 0.15) is 5.82 Å². The molecule has 0 radical (unpaired) electrons. The molecule has 0 aromatic heterocycles. The van der Waals surface area contributed by atoms with Gasteiger partial charge in [-0.3, -0.25) is 4.79 Å². The maximum Gasteiger partial charge on any atom is 0.337 e. The van der Waals surface area contributed by atoms with Crippen LogP contribution in [0.4, 0.5) is 10.1 Å². The van der Waals surface area contributed by atoms with E-state index in [4.69, 9.17) is 5.11 Å². The quantitative estimate of drug-likeness (QED) is 0.870. The lowest BCUT2D eigenvalue weighted by Crippen LogP contribution is -2.11. The Kier molecular flexibility index (Phi) is 3.41. The number of amides is 1. The number of halogens is 2. The molecule has 2 N–H and O–H groups in total. The Morgan fingerprint density at radius 3 is 2.53 bits per heavy atom. The van der Waals surface area contributed by atoms with Gasteiger partial charge in [-0.15, -0.1) is 0 Å². The molecular formula is C9H7BrFNO3. The first kappa shape index (κ1) is 11.6. The summed E-state index contributed by atoms with van der Waals surface area (Å²) in [5, 5.41) is 11.0. The Morgan fingerprint density at radius 2 is 2.07 bits per heavy atom. The maximum absolute atomic E-state index is 13.1. The average molecular weight is 276 g/mol. The van der Waals surface area contributed by atoms with Crippen molar-refractivity contribution in [2.75, 3.05) is 5.32 Å². The van der Waals surface area contributed by atoms with Crippen molar-refractivity contribution in [2.24, 2.45) is 0 Å². The summed E-state index contributed by atoms with van der Waals surface area (Å²) in [7, 11) is 0. The molecule has 6 heteroatoms. The molecule has 0 saturated carbocycles. The van der Waals surface area contributed by atoms with Crippen LogP contribution in [0, 0.1) is 5.82 Å². The van der Waals surface area contributed by atoms with Crippen LogP contribution >= 0.6 is 15.9 Å². The molecule has 1 amide bonds. The molecule has 1 aromatic rings. The Hall–Kier alpha value is -1.43. The van der Waals surface area contributed by atoms with Crippen molar-refractivity contribution < 1.29 is 19.1 Å². The summed E-state index contributed by atoms with van der Waals surface area (Å²) in [4.78, 5) is 21.5. The Labute approximate surface area is 93.2 Å². The highest BCUT2D eigenvalue weighted by atomic mass is 79.9. The lowest BCUT2D eigenvalue weighted by atomic mass is 10.1. The molecule has 0 aliphatic heterocycles. The number of carbonyl (C=O) groups is 2. The lowest BCUT2D eigenvalue weighted by Gasteiger charge is -2.07. The smallest absolute Gasteiger partial charge is 0.337 e. The van der Waals surface area contributed by atoms with Crippen molar-refractivity contribution in [3.63, 3.8) is 0 Å². The van der Waals surface area contributed by atoms with Gasteiger partial charge in [0.05, 0.1) is 15.7 Å². The second-order valence-corrected chi connectivity index (χ2v) is 3.65. The van der Waals surface area contributed by atoms with Gasteiger partial charge in [0.2, 0.25) is 5.91 Å². The highest BCUT2D eigenvalue weighted by Crippen LogP contribution is 2.24. The largest absolute Gasteiger partial charge is 0.478 e. The number of carbonyl (C=O) groups excluding carboxylic acids is 1. The van der Waals surface area contributed by atoms with Crippen LogP contribution in [0.15, 0.2) is 16.6 Å². The van der Waals surface area contributed by atoms with Crippen LogP contribution in [0.5, 0.6) is 0 Å². The van der Waals surface area contributed by atoms with Crippen LogP contribution in [0.25, 0.3) is 0 Å². The van der Waals surface area contributed by atoms with Gasteiger partial charge in [0.25, 0.3) is 0 Å². The third-order valence-corrected chi connectivity index (χ3v) is 2.21. The highest BCUT2D eigenvalue weighted by molar-refractivity contribution is 9.10. The lowest BCUT2D eigenvalue weighted by molar-refractivity contribution is -0.114. The van der Waals surface area contributed by atoms with Crippen LogP contribution in [-0.2, 0) is 4.79 Å². The first-order chi connectivity index (χ1) is 6.91. The first-order valence-corrected chi connectivity index (χ1v) is 4.71. The summed E-state index contributed by atoms with van der Waals surface area (Å²) >= 11 is 2.86. The Bertz CT molecular complexity index is 434. The zero-order chi connectivity index (χ0) is 11.6. The van der Waals surface area contributed by atoms with Crippen molar-refractivity contribution in [3.8, 4) is 0 Å². The number of rotatable bonds is 2. The molecule has 0 aliphatic rings. The molecule has 1 aromatic carbocycles. The van der Waals surface area contributed by atoms with Crippen LogP contribution in [-0.4, -0.2) is 17.0 Å². The van der Waals surface area contributed by atoms with E-state index in [-0.39, 0.29) is 15.7 Å². The van der Waals surface area contributed by atoms with Crippen molar-refractivity contribution in [2.45, 2.75) is 6.92 Å². The van der Waals surface area contributed by atoms with E-state index in [0.29, 0.717) is 0 Å². The monoisotopic (exact) mass is 275 g/mol. The van der Waals surface area contributed by atoms with E-state index >= 15 is 0 Å². The maximum atomic E-state index is 13.1. The molecule has 1 rings (SSSR count). The molecule has 15 heavy (non-hydrogen) atoms. The van der Waals surface area contributed by atoms with Crippen molar-refractivity contribution in [1.29, 1.82) is 0 Å². The number of hydrogen-bond acceptors (Lipinski definition) is 2. The summed E-state index contributed by atoms with van der Waals surface area (Å²) in [5.74, 6) is -2.33. The number of carboxylic acid groups (broad SMARTS) is 1. The van der Waals surface area contributed by atoms with Gasteiger partial charge in [-0.2, -0.15) is 0 Å². The standard InChI is InChI=1S/C9H7BrFNO3/c1-4(13)12-8-3-7(11)6(10)2-5(8)9(14)15/h2-3H,1H3,(H,12,13)(H,14,15). The minimum absolute atomic E-state index is 0.0361. The highest BCUT2D eigenvalue weighted by Gasteiger charge is 2.14.